The van der Waals surface area contributed by atoms with Gasteiger partial charge in [-0.2, -0.15) is 16.9 Å². The Morgan fingerprint density at radius 1 is 1.38 bits per heavy atom. The Balaban J connectivity index is 1.52. The average molecular weight is 415 g/mol. The fourth-order valence-electron chi connectivity index (χ4n) is 4.13. The molecule has 7 heteroatoms. The molecule has 1 aromatic heterocycles. The number of amides is 1. The number of benzene rings is 1. The second kappa shape index (κ2) is 9.13. The Kier molecular flexibility index (Phi) is 6.35. The van der Waals surface area contributed by atoms with Gasteiger partial charge < -0.3 is 10.2 Å². The van der Waals surface area contributed by atoms with Gasteiger partial charge in [0, 0.05) is 48.4 Å². The molecular formula is C22H27FN4OS. The van der Waals surface area contributed by atoms with E-state index in [-0.39, 0.29) is 17.8 Å². The quantitative estimate of drug-likeness (QED) is 0.739. The van der Waals surface area contributed by atoms with Gasteiger partial charge >= 0.3 is 0 Å². The topological polar surface area (TPSA) is 50.2 Å². The third kappa shape index (κ3) is 4.56. The summed E-state index contributed by atoms with van der Waals surface area (Å²) in [6, 6.07) is 6.93. The summed E-state index contributed by atoms with van der Waals surface area (Å²) < 4.78 is 15.4. The van der Waals surface area contributed by atoms with Gasteiger partial charge in [-0.3, -0.25) is 9.48 Å². The molecule has 154 valence electrons. The third-order valence-electron chi connectivity index (χ3n) is 5.63. The number of nitrogens with one attached hydrogen (secondary N) is 1. The second-order valence-electron chi connectivity index (χ2n) is 7.60. The molecule has 0 bridgehead atoms. The van der Waals surface area contributed by atoms with Crippen molar-refractivity contribution in [3.8, 4) is 0 Å². The van der Waals surface area contributed by atoms with E-state index in [2.05, 4.69) is 11.9 Å². The van der Waals surface area contributed by atoms with Crippen molar-refractivity contribution in [2.45, 2.75) is 38.4 Å². The Bertz CT molecular complexity index is 891. The number of fused-ring (bicyclic) bond motifs is 1. The van der Waals surface area contributed by atoms with Crippen LogP contribution in [-0.2, 0) is 25.9 Å². The highest BCUT2D eigenvalue weighted by Crippen LogP contribution is 2.27. The fraction of sp³-hybridized carbons (Fsp3) is 0.455. The number of thioether (sulfide) groups is 1. The highest BCUT2D eigenvalue weighted by molar-refractivity contribution is 7.99. The van der Waals surface area contributed by atoms with E-state index in [1.54, 1.807) is 12.1 Å². The van der Waals surface area contributed by atoms with Crippen LogP contribution in [0.15, 0.2) is 36.9 Å². The van der Waals surface area contributed by atoms with E-state index in [0.717, 1.165) is 60.7 Å². The van der Waals surface area contributed by atoms with Crippen LogP contribution in [0.1, 0.15) is 33.7 Å². The predicted octanol–water partition coefficient (Wildman–Crippen LogP) is 3.04. The molecule has 1 aromatic carbocycles. The van der Waals surface area contributed by atoms with Crippen molar-refractivity contribution < 1.29 is 9.18 Å². The molecule has 0 saturated carbocycles. The molecule has 1 N–H and O–H groups in total. The molecule has 0 radical (unpaired) electrons. The molecule has 4 rings (SSSR count). The van der Waals surface area contributed by atoms with Gasteiger partial charge in [-0.25, -0.2) is 4.39 Å². The zero-order valence-electron chi connectivity index (χ0n) is 16.6. The number of rotatable bonds is 6. The summed E-state index contributed by atoms with van der Waals surface area (Å²) >= 11 is 1.89. The van der Waals surface area contributed by atoms with E-state index >= 15 is 0 Å². The molecule has 1 amide bonds. The van der Waals surface area contributed by atoms with Crippen molar-refractivity contribution in [2.75, 3.05) is 24.6 Å². The molecule has 1 unspecified atom stereocenters. The summed E-state index contributed by atoms with van der Waals surface area (Å²) in [5, 5.41) is 8.23. The third-order valence-corrected chi connectivity index (χ3v) is 6.58. The molecule has 1 aliphatic heterocycles. The van der Waals surface area contributed by atoms with Crippen LogP contribution in [0.25, 0.3) is 0 Å². The van der Waals surface area contributed by atoms with Gasteiger partial charge in [0.15, 0.2) is 5.69 Å². The van der Waals surface area contributed by atoms with Gasteiger partial charge in [-0.05, 0) is 37.0 Å². The van der Waals surface area contributed by atoms with Crippen LogP contribution in [0.3, 0.4) is 0 Å². The summed E-state index contributed by atoms with van der Waals surface area (Å²) in [7, 11) is 0. The van der Waals surface area contributed by atoms with Crippen molar-refractivity contribution in [1.29, 1.82) is 0 Å². The number of nitrogens with zero attached hydrogens (tertiary/aromatic N) is 3. The molecular weight excluding hydrogens is 387 g/mol. The van der Waals surface area contributed by atoms with E-state index in [0.29, 0.717) is 18.8 Å². The van der Waals surface area contributed by atoms with Crippen LogP contribution in [0, 0.1) is 5.82 Å². The monoisotopic (exact) mass is 414 g/mol. The lowest BCUT2D eigenvalue weighted by Gasteiger charge is -2.27. The minimum Gasteiger partial charge on any atom is -0.336 e. The normalized spacial score (nSPS) is 19.1. The maximum atomic E-state index is 13.4. The van der Waals surface area contributed by atoms with Crippen LogP contribution < -0.4 is 5.32 Å². The largest absolute Gasteiger partial charge is 0.336 e. The van der Waals surface area contributed by atoms with Crippen molar-refractivity contribution in [2.24, 2.45) is 0 Å². The molecule has 5 nitrogen and oxygen atoms in total. The van der Waals surface area contributed by atoms with E-state index in [4.69, 9.17) is 5.10 Å². The first-order chi connectivity index (χ1) is 14.2. The van der Waals surface area contributed by atoms with Crippen LogP contribution in [0.2, 0.25) is 0 Å². The number of halogens is 1. The summed E-state index contributed by atoms with van der Waals surface area (Å²) in [5.41, 5.74) is 3.76. The maximum Gasteiger partial charge on any atom is 0.274 e. The first-order valence-electron chi connectivity index (χ1n) is 10.2. The zero-order valence-corrected chi connectivity index (χ0v) is 17.4. The number of allylic oxidation sites excluding steroid dienone is 1. The van der Waals surface area contributed by atoms with Gasteiger partial charge in [0.25, 0.3) is 5.91 Å². The standard InChI is InChI=1S/C22H27FN4OS/c1-2-8-27-20-7-6-18(24-15-16-4-3-5-17(23)13-16)14-19(20)21(25-27)22(28)26-9-11-29-12-10-26/h2-5,13,18,24H,1,6-12,14-15H2. The van der Waals surface area contributed by atoms with Crippen molar-refractivity contribution in [1.82, 2.24) is 20.0 Å². The van der Waals surface area contributed by atoms with Crippen molar-refractivity contribution in [3.05, 3.63) is 65.3 Å². The van der Waals surface area contributed by atoms with E-state index in [1.165, 1.54) is 6.07 Å². The molecule has 29 heavy (non-hydrogen) atoms. The number of aromatic nitrogens is 2. The Morgan fingerprint density at radius 2 is 2.21 bits per heavy atom. The highest BCUT2D eigenvalue weighted by Gasteiger charge is 2.31. The van der Waals surface area contributed by atoms with Crippen molar-refractivity contribution in [3.63, 3.8) is 0 Å². The summed E-state index contributed by atoms with van der Waals surface area (Å²) in [6.07, 6.45) is 4.44. The molecule has 2 aromatic rings. The molecule has 1 saturated heterocycles. The van der Waals surface area contributed by atoms with Crippen LogP contribution >= 0.6 is 11.8 Å². The Hall–Kier alpha value is -2.12. The highest BCUT2D eigenvalue weighted by atomic mass is 32.2. The lowest BCUT2D eigenvalue weighted by molar-refractivity contribution is 0.0764. The minimum atomic E-state index is -0.214. The Morgan fingerprint density at radius 3 is 2.97 bits per heavy atom. The number of carbonyl (C=O) groups excluding carboxylic acids is 1. The van der Waals surface area contributed by atoms with Gasteiger partial charge in [-0.15, -0.1) is 6.58 Å². The average Bonchev–Trinajstić information content (AvgIpc) is 3.10. The van der Waals surface area contributed by atoms with Crippen LogP contribution in [0.5, 0.6) is 0 Å². The van der Waals surface area contributed by atoms with Crippen LogP contribution in [0.4, 0.5) is 4.39 Å². The SMILES string of the molecule is C=CCn1nc(C(=O)N2CCSCC2)c2c1CCC(NCc1cccc(F)c1)C2. The summed E-state index contributed by atoms with van der Waals surface area (Å²) in [5.74, 6) is 1.81. The maximum absolute atomic E-state index is 13.4. The lowest BCUT2D eigenvalue weighted by Crippen LogP contribution is -2.39. The molecule has 2 heterocycles. The molecule has 1 atom stereocenters. The summed E-state index contributed by atoms with van der Waals surface area (Å²) in [4.78, 5) is 15.1. The molecule has 1 aliphatic carbocycles. The molecule has 1 fully saturated rings. The lowest BCUT2D eigenvalue weighted by atomic mass is 9.91. The zero-order chi connectivity index (χ0) is 20.2. The van der Waals surface area contributed by atoms with E-state index in [1.807, 2.05) is 33.5 Å². The fourth-order valence-corrected chi connectivity index (χ4v) is 5.04. The Labute approximate surface area is 175 Å². The second-order valence-corrected chi connectivity index (χ2v) is 8.82. The van der Waals surface area contributed by atoms with Gasteiger partial charge in [0.2, 0.25) is 0 Å². The number of carbonyl (C=O) groups is 1. The van der Waals surface area contributed by atoms with Crippen LogP contribution in [-0.4, -0.2) is 51.2 Å². The molecule has 0 spiro atoms. The smallest absolute Gasteiger partial charge is 0.274 e. The predicted molar refractivity (Wildman–Crippen MR) is 115 cm³/mol. The van der Waals surface area contributed by atoms with Gasteiger partial charge in [-0.1, -0.05) is 18.2 Å². The first-order valence-corrected chi connectivity index (χ1v) is 11.4. The molecule has 2 aliphatic rings. The minimum absolute atomic E-state index is 0.0511. The van der Waals surface area contributed by atoms with Gasteiger partial charge in [0.05, 0.1) is 6.54 Å². The van der Waals surface area contributed by atoms with Crippen molar-refractivity contribution >= 4 is 17.7 Å². The van der Waals surface area contributed by atoms with E-state index < -0.39 is 0 Å². The number of hydrogen-bond donors (Lipinski definition) is 1. The van der Waals surface area contributed by atoms with E-state index in [9.17, 15) is 9.18 Å². The summed E-state index contributed by atoms with van der Waals surface area (Å²) in [6.45, 7) is 6.64. The first kappa shape index (κ1) is 20.2. The number of hydrogen-bond acceptors (Lipinski definition) is 4. The van der Waals surface area contributed by atoms with Gasteiger partial charge in [0.1, 0.15) is 5.82 Å².